The van der Waals surface area contributed by atoms with Crippen LogP contribution in [0.3, 0.4) is 0 Å². The van der Waals surface area contributed by atoms with Gasteiger partial charge in [0, 0.05) is 20.1 Å². The van der Waals surface area contributed by atoms with Gasteiger partial charge in [-0.1, -0.05) is 85.1 Å². The zero-order valence-electron chi connectivity index (χ0n) is 19.7. The maximum atomic E-state index is 5.52. The Morgan fingerprint density at radius 2 is 1.00 bits per heavy atom. The average molecular weight is 1110 g/mol. The molecule has 15 heteroatoms. The van der Waals surface area contributed by atoms with E-state index in [-0.39, 0.29) is 16.8 Å². The van der Waals surface area contributed by atoms with Crippen molar-refractivity contribution >= 4 is 148 Å². The normalized spacial score (nSPS) is 16.8. The summed E-state index contributed by atoms with van der Waals surface area (Å²) in [6, 6.07) is 11.3. The van der Waals surface area contributed by atoms with E-state index in [0.29, 0.717) is 0 Å². The van der Waals surface area contributed by atoms with Gasteiger partial charge in [0.25, 0.3) is 0 Å². The van der Waals surface area contributed by atoms with E-state index in [4.69, 9.17) is 8.83 Å². The Labute approximate surface area is 312 Å². The zero-order valence-corrected chi connectivity index (χ0v) is 33.5. The summed E-state index contributed by atoms with van der Waals surface area (Å²) in [5.41, 5.74) is 4.83. The molecule has 2 aliphatic heterocycles. The molecule has 0 aromatic carbocycles. The van der Waals surface area contributed by atoms with Crippen LogP contribution >= 0.6 is 127 Å². The molecular weight excluding hydrogens is 1100 g/mol. The number of aromatic nitrogens is 2. The molecule has 6 heterocycles. The summed E-state index contributed by atoms with van der Waals surface area (Å²) in [6.45, 7) is 0. The molecule has 0 atom stereocenters. The van der Waals surface area contributed by atoms with Crippen LogP contribution in [0.15, 0.2) is 118 Å². The SMILES string of the molecule is BrC1=C/C(=C(/c2cc(Br)c(Br)[n-]2)c2ccco2)N=C1Br.BrC1=C/C(=C(/c2cc(Br)c(Br)[n-]2)c2ccco2)N=C1Br.[Co+2]. The summed E-state index contributed by atoms with van der Waals surface area (Å²) >= 11 is 27.4. The smallest absolute Gasteiger partial charge is 0.650 e. The molecule has 0 bridgehead atoms. The second-order valence-electron chi connectivity index (χ2n) is 7.83. The van der Waals surface area contributed by atoms with Gasteiger partial charge in [-0.15, -0.1) is 11.4 Å². The molecule has 1 radical (unpaired) electrons. The first-order chi connectivity index (χ1) is 19.1. The molecule has 0 aliphatic carbocycles. The standard InChI is InChI=1S/2C13H5Br4N2O.Co/c2*14-6-4-8(18-12(6)16)11(10-2-1-3-20-10)9-5-7(15)13(17)19-9;/h2*1-5H;/q2*-1;+2/b2*11-8+;. The van der Waals surface area contributed by atoms with Crippen molar-refractivity contribution < 1.29 is 25.6 Å². The van der Waals surface area contributed by atoms with Gasteiger partial charge in [-0.2, -0.15) is 0 Å². The van der Waals surface area contributed by atoms with Crippen molar-refractivity contribution in [3.8, 4) is 0 Å². The molecule has 0 saturated heterocycles. The summed E-state index contributed by atoms with van der Waals surface area (Å²) in [6.07, 6.45) is 7.13. The van der Waals surface area contributed by atoms with Crippen LogP contribution in [0.1, 0.15) is 22.9 Å². The van der Waals surface area contributed by atoms with Crippen LogP contribution in [0.2, 0.25) is 0 Å². The Bertz CT molecular complexity index is 1570. The van der Waals surface area contributed by atoms with Gasteiger partial charge in [-0.25, -0.2) is 9.98 Å². The monoisotopic (exact) mass is 1100 g/mol. The minimum atomic E-state index is 0. The molecule has 0 spiro atoms. The van der Waals surface area contributed by atoms with E-state index in [1.165, 1.54) is 0 Å². The first kappa shape index (κ1) is 33.7. The Hall–Kier alpha value is -0.234. The Morgan fingerprint density at radius 3 is 1.24 bits per heavy atom. The van der Waals surface area contributed by atoms with E-state index in [0.717, 1.165) is 81.8 Å². The molecule has 4 aromatic rings. The molecule has 0 fully saturated rings. The molecule has 0 N–H and O–H groups in total. The zero-order chi connectivity index (χ0) is 28.6. The molecule has 0 saturated carbocycles. The van der Waals surface area contributed by atoms with Crippen molar-refractivity contribution in [2.24, 2.45) is 9.98 Å². The Balaban J connectivity index is 0.000000184. The van der Waals surface area contributed by atoms with Crippen molar-refractivity contribution in [2.45, 2.75) is 0 Å². The van der Waals surface area contributed by atoms with Gasteiger partial charge in [-0.3, -0.25) is 0 Å². The predicted molar refractivity (Wildman–Crippen MR) is 187 cm³/mol. The van der Waals surface area contributed by atoms with E-state index >= 15 is 0 Å². The number of hydrogen-bond donors (Lipinski definition) is 0. The average Bonchev–Trinajstić information content (AvgIpc) is 3.74. The Morgan fingerprint density at radius 1 is 0.610 bits per heavy atom. The molecule has 41 heavy (non-hydrogen) atoms. The third kappa shape index (κ3) is 7.71. The van der Waals surface area contributed by atoms with Crippen LogP contribution in [0.25, 0.3) is 11.1 Å². The van der Waals surface area contributed by atoms with Crippen LogP contribution in [-0.4, -0.2) is 9.24 Å². The maximum Gasteiger partial charge on any atom is 2.00 e. The van der Waals surface area contributed by atoms with E-state index < -0.39 is 0 Å². The molecule has 6 nitrogen and oxygen atoms in total. The summed E-state index contributed by atoms with van der Waals surface area (Å²) in [5.74, 6) is 1.44. The molecule has 4 aromatic heterocycles. The van der Waals surface area contributed by atoms with Crippen molar-refractivity contribution in [2.75, 3.05) is 0 Å². The van der Waals surface area contributed by atoms with E-state index in [2.05, 4.69) is 147 Å². The molecule has 2 aliphatic rings. The summed E-state index contributed by atoms with van der Waals surface area (Å²) in [4.78, 5) is 17.9. The van der Waals surface area contributed by atoms with Gasteiger partial charge in [0.05, 0.1) is 32.9 Å². The fraction of sp³-hybridized carbons (Fsp3) is 0. The minimum absolute atomic E-state index is 0. The van der Waals surface area contributed by atoms with Crippen molar-refractivity contribution in [3.63, 3.8) is 0 Å². The van der Waals surface area contributed by atoms with Gasteiger partial charge < -0.3 is 18.8 Å². The van der Waals surface area contributed by atoms with Crippen LogP contribution in [0.5, 0.6) is 0 Å². The largest absolute Gasteiger partial charge is 2.00 e. The van der Waals surface area contributed by atoms with Gasteiger partial charge in [0.15, 0.2) is 0 Å². The van der Waals surface area contributed by atoms with Crippen molar-refractivity contribution in [1.29, 1.82) is 0 Å². The van der Waals surface area contributed by atoms with E-state index in [1.807, 2.05) is 48.6 Å². The van der Waals surface area contributed by atoms with E-state index in [1.54, 1.807) is 12.5 Å². The van der Waals surface area contributed by atoms with Gasteiger partial charge >= 0.3 is 16.8 Å². The van der Waals surface area contributed by atoms with Crippen LogP contribution < -0.4 is 9.97 Å². The fourth-order valence-corrected chi connectivity index (χ4v) is 6.05. The number of allylic oxidation sites excluding steroid dienone is 4. The molecule has 0 unspecified atom stereocenters. The molecular formula is C26H10Br8CoN4O2. The summed E-state index contributed by atoms with van der Waals surface area (Å²) in [5, 5.41) is 0. The van der Waals surface area contributed by atoms with Gasteiger partial charge in [-0.05, 0) is 100 Å². The number of furan rings is 2. The second-order valence-corrected chi connectivity index (χ2v) is 14.2. The molecule has 6 rings (SSSR count). The number of aliphatic imine (C=N–C) groups is 2. The van der Waals surface area contributed by atoms with Gasteiger partial charge in [0.2, 0.25) is 0 Å². The second kappa shape index (κ2) is 14.7. The first-order valence-electron chi connectivity index (χ1n) is 10.9. The third-order valence-corrected chi connectivity index (χ3v) is 12.2. The van der Waals surface area contributed by atoms with Gasteiger partial charge in [0.1, 0.15) is 20.8 Å². The predicted octanol–water partition coefficient (Wildman–Crippen LogP) is 11.2. The van der Waals surface area contributed by atoms with Crippen LogP contribution in [0, 0.1) is 0 Å². The van der Waals surface area contributed by atoms with Crippen molar-refractivity contribution in [3.05, 3.63) is 122 Å². The minimum Gasteiger partial charge on any atom is -0.650 e. The number of rotatable bonds is 4. The summed E-state index contributed by atoms with van der Waals surface area (Å²) in [7, 11) is 0. The topological polar surface area (TPSA) is 79.2 Å². The van der Waals surface area contributed by atoms with E-state index in [9.17, 15) is 0 Å². The maximum absolute atomic E-state index is 5.52. The molecule has 0 amide bonds. The first-order valence-corrected chi connectivity index (χ1v) is 17.2. The summed E-state index contributed by atoms with van der Waals surface area (Å²) < 4.78 is 17.6. The van der Waals surface area contributed by atoms with Crippen LogP contribution in [-0.2, 0) is 16.8 Å². The fourth-order valence-electron chi connectivity index (χ4n) is 3.61. The number of hydrogen-bond acceptors (Lipinski definition) is 4. The van der Waals surface area contributed by atoms with Crippen molar-refractivity contribution in [1.82, 2.24) is 9.97 Å². The quantitative estimate of drug-likeness (QED) is 0.204. The third-order valence-electron chi connectivity index (χ3n) is 5.28. The number of halogens is 8. The van der Waals surface area contributed by atoms with Crippen LogP contribution in [0.4, 0.5) is 0 Å². The number of nitrogens with zero attached hydrogens (tertiary/aromatic N) is 4. The Kier molecular flexibility index (Phi) is 12.1. The molecule has 211 valence electrons.